The summed E-state index contributed by atoms with van der Waals surface area (Å²) in [5.41, 5.74) is 3.87. The Balaban J connectivity index is 1.56. The van der Waals surface area contributed by atoms with Gasteiger partial charge in [0, 0.05) is 12.1 Å². The summed E-state index contributed by atoms with van der Waals surface area (Å²) >= 11 is 0. The lowest BCUT2D eigenvalue weighted by molar-refractivity contribution is -0.0246. The van der Waals surface area contributed by atoms with E-state index in [4.69, 9.17) is 19.0 Å². The molecule has 7 heteroatoms. The molecular formula is C22H23N3O4. The summed E-state index contributed by atoms with van der Waals surface area (Å²) in [5.74, 6) is 1.35. The third-order valence-electron chi connectivity index (χ3n) is 5.06. The van der Waals surface area contributed by atoms with Crippen LogP contribution in [0.5, 0.6) is 5.75 Å². The van der Waals surface area contributed by atoms with Gasteiger partial charge in [-0.2, -0.15) is 0 Å². The van der Waals surface area contributed by atoms with E-state index >= 15 is 0 Å². The number of ether oxygens (including phenoxy) is 2. The van der Waals surface area contributed by atoms with Crippen LogP contribution in [0.2, 0.25) is 0 Å². The average Bonchev–Trinajstić information content (AvgIpc) is 3.11. The van der Waals surface area contributed by atoms with Crippen LogP contribution in [-0.4, -0.2) is 47.8 Å². The molecule has 1 unspecified atom stereocenters. The number of nitrogens with zero attached hydrogens (tertiary/aromatic N) is 3. The molecule has 3 heterocycles. The number of amides is 1. The van der Waals surface area contributed by atoms with Crippen LogP contribution < -0.4 is 4.74 Å². The molecule has 0 aliphatic carbocycles. The van der Waals surface area contributed by atoms with E-state index < -0.39 is 0 Å². The molecule has 0 radical (unpaired) electrons. The summed E-state index contributed by atoms with van der Waals surface area (Å²) < 4.78 is 16.4. The van der Waals surface area contributed by atoms with Crippen molar-refractivity contribution in [2.75, 3.05) is 26.8 Å². The molecule has 1 aliphatic heterocycles. The van der Waals surface area contributed by atoms with Gasteiger partial charge in [-0.05, 0) is 44.2 Å². The fraction of sp³-hybridized carbons (Fsp3) is 0.318. The monoisotopic (exact) mass is 393 g/mol. The van der Waals surface area contributed by atoms with Crippen molar-refractivity contribution >= 4 is 5.91 Å². The molecular weight excluding hydrogens is 370 g/mol. The minimum Gasteiger partial charge on any atom is -0.497 e. The fourth-order valence-corrected chi connectivity index (χ4v) is 3.57. The van der Waals surface area contributed by atoms with E-state index in [1.165, 1.54) is 0 Å². The van der Waals surface area contributed by atoms with Crippen molar-refractivity contribution in [2.24, 2.45) is 0 Å². The van der Waals surface area contributed by atoms with Crippen molar-refractivity contribution < 1.29 is 18.8 Å². The van der Waals surface area contributed by atoms with Crippen molar-refractivity contribution in [2.45, 2.75) is 20.0 Å². The molecule has 0 saturated carbocycles. The third kappa shape index (κ3) is 3.86. The molecule has 0 bridgehead atoms. The second-order valence-corrected chi connectivity index (χ2v) is 6.99. The first kappa shape index (κ1) is 19.1. The van der Waals surface area contributed by atoms with Crippen LogP contribution >= 0.6 is 0 Å². The number of carbonyl (C=O) groups is 1. The summed E-state index contributed by atoms with van der Waals surface area (Å²) in [7, 11) is 1.59. The van der Waals surface area contributed by atoms with Gasteiger partial charge in [0.25, 0.3) is 5.91 Å². The van der Waals surface area contributed by atoms with E-state index in [9.17, 15) is 4.79 Å². The van der Waals surface area contributed by atoms with Gasteiger partial charge < -0.3 is 18.9 Å². The van der Waals surface area contributed by atoms with Gasteiger partial charge in [-0.25, -0.2) is 4.98 Å². The minimum atomic E-state index is -0.293. The van der Waals surface area contributed by atoms with E-state index in [0.717, 1.165) is 28.4 Å². The molecule has 1 aliphatic rings. The molecule has 1 atom stereocenters. The van der Waals surface area contributed by atoms with Crippen LogP contribution in [0.1, 0.15) is 33.6 Å². The van der Waals surface area contributed by atoms with Gasteiger partial charge >= 0.3 is 0 Å². The van der Waals surface area contributed by atoms with Crippen molar-refractivity contribution in [1.82, 2.24) is 15.0 Å². The maximum atomic E-state index is 13.0. The summed E-state index contributed by atoms with van der Waals surface area (Å²) in [6, 6.07) is 13.0. The topological polar surface area (TPSA) is 77.7 Å². The average molecular weight is 393 g/mol. The van der Waals surface area contributed by atoms with Crippen LogP contribution in [0, 0.1) is 13.8 Å². The molecule has 0 N–H and O–H groups in total. The Hall–Kier alpha value is -3.19. The standard InChI is InChI=1S/C22H23N3O4/c1-14-21(15(2)29-24-14)19-9-5-8-18(23-19)20-13-25(10-11-28-20)22(26)16-6-4-7-17(12-16)27-3/h4-9,12,20H,10-11,13H2,1-3H3. The third-order valence-corrected chi connectivity index (χ3v) is 5.06. The first-order valence-corrected chi connectivity index (χ1v) is 9.52. The number of morpholine rings is 1. The zero-order valence-corrected chi connectivity index (χ0v) is 16.7. The highest BCUT2D eigenvalue weighted by molar-refractivity contribution is 5.94. The highest BCUT2D eigenvalue weighted by Crippen LogP contribution is 2.28. The number of hydrogen-bond acceptors (Lipinski definition) is 6. The second-order valence-electron chi connectivity index (χ2n) is 6.99. The quantitative estimate of drug-likeness (QED) is 0.674. The maximum Gasteiger partial charge on any atom is 0.254 e. The Morgan fingerprint density at radius 1 is 1.21 bits per heavy atom. The first-order valence-electron chi connectivity index (χ1n) is 9.52. The van der Waals surface area contributed by atoms with Crippen LogP contribution in [0.3, 0.4) is 0 Å². The lowest BCUT2D eigenvalue weighted by atomic mass is 10.1. The zero-order valence-electron chi connectivity index (χ0n) is 16.7. The van der Waals surface area contributed by atoms with Gasteiger partial charge in [0.2, 0.25) is 0 Å². The number of aryl methyl sites for hydroxylation is 2. The minimum absolute atomic E-state index is 0.0425. The van der Waals surface area contributed by atoms with Crippen molar-refractivity contribution in [1.29, 1.82) is 0 Å². The van der Waals surface area contributed by atoms with E-state index in [1.807, 2.05) is 44.2 Å². The predicted octanol–water partition coefficient (Wildman–Crippen LogP) is 3.58. The van der Waals surface area contributed by atoms with Crippen LogP contribution in [-0.2, 0) is 4.74 Å². The highest BCUT2D eigenvalue weighted by Gasteiger charge is 2.27. The number of hydrogen-bond donors (Lipinski definition) is 0. The van der Waals surface area contributed by atoms with Gasteiger partial charge in [-0.1, -0.05) is 17.3 Å². The number of rotatable bonds is 4. The molecule has 1 amide bonds. The number of methoxy groups -OCH3 is 1. The van der Waals surface area contributed by atoms with Crippen molar-refractivity contribution in [3.8, 4) is 17.0 Å². The zero-order chi connectivity index (χ0) is 20.4. The van der Waals surface area contributed by atoms with E-state index in [0.29, 0.717) is 31.0 Å². The van der Waals surface area contributed by atoms with Crippen LogP contribution in [0.4, 0.5) is 0 Å². The largest absolute Gasteiger partial charge is 0.497 e. The lowest BCUT2D eigenvalue weighted by Gasteiger charge is -2.33. The number of benzene rings is 1. The molecule has 2 aromatic heterocycles. The summed E-state index contributed by atoms with van der Waals surface area (Å²) in [6.45, 7) is 5.20. The SMILES string of the molecule is COc1cccc(C(=O)N2CCOC(c3cccc(-c4c(C)noc4C)n3)C2)c1. The Labute approximate surface area is 169 Å². The summed E-state index contributed by atoms with van der Waals surface area (Å²) in [5, 5.41) is 4.01. The lowest BCUT2D eigenvalue weighted by Crippen LogP contribution is -2.42. The molecule has 150 valence electrons. The van der Waals surface area contributed by atoms with Crippen LogP contribution in [0.15, 0.2) is 47.0 Å². The molecule has 4 rings (SSSR count). The molecule has 1 aromatic carbocycles. The second kappa shape index (κ2) is 8.05. The number of carbonyl (C=O) groups excluding carboxylic acids is 1. The van der Waals surface area contributed by atoms with Gasteiger partial charge in [0.05, 0.1) is 42.9 Å². The van der Waals surface area contributed by atoms with Crippen molar-refractivity contribution in [3.63, 3.8) is 0 Å². The Morgan fingerprint density at radius 2 is 2.03 bits per heavy atom. The maximum absolute atomic E-state index is 13.0. The van der Waals surface area contributed by atoms with E-state index in [1.54, 1.807) is 24.1 Å². The van der Waals surface area contributed by atoms with Crippen LogP contribution in [0.25, 0.3) is 11.3 Å². The number of pyridine rings is 1. The predicted molar refractivity (Wildman–Crippen MR) is 107 cm³/mol. The van der Waals surface area contributed by atoms with Gasteiger partial charge in [-0.3, -0.25) is 4.79 Å². The Kier molecular flexibility index (Phi) is 5.31. The molecule has 3 aromatic rings. The van der Waals surface area contributed by atoms with Crippen molar-refractivity contribution in [3.05, 3.63) is 65.2 Å². The van der Waals surface area contributed by atoms with Gasteiger partial charge in [0.1, 0.15) is 17.6 Å². The smallest absolute Gasteiger partial charge is 0.254 e. The summed E-state index contributed by atoms with van der Waals surface area (Å²) in [6.07, 6.45) is -0.293. The molecule has 1 fully saturated rings. The molecule has 7 nitrogen and oxygen atoms in total. The van der Waals surface area contributed by atoms with E-state index in [2.05, 4.69) is 5.16 Å². The van der Waals surface area contributed by atoms with Gasteiger partial charge in [-0.15, -0.1) is 0 Å². The Bertz CT molecular complexity index is 1010. The summed E-state index contributed by atoms with van der Waals surface area (Å²) in [4.78, 5) is 19.5. The highest BCUT2D eigenvalue weighted by atomic mass is 16.5. The molecule has 1 saturated heterocycles. The normalized spacial score (nSPS) is 16.7. The molecule has 0 spiro atoms. The van der Waals surface area contributed by atoms with E-state index in [-0.39, 0.29) is 12.0 Å². The Morgan fingerprint density at radius 3 is 2.79 bits per heavy atom. The fourth-order valence-electron chi connectivity index (χ4n) is 3.57. The number of aromatic nitrogens is 2. The molecule has 29 heavy (non-hydrogen) atoms. The van der Waals surface area contributed by atoms with Gasteiger partial charge in [0.15, 0.2) is 0 Å². The first-order chi connectivity index (χ1) is 14.1.